The van der Waals surface area contributed by atoms with Crippen LogP contribution in [-0.4, -0.2) is 71.1 Å². The van der Waals surface area contributed by atoms with Crippen molar-refractivity contribution in [1.29, 1.82) is 0 Å². The van der Waals surface area contributed by atoms with E-state index in [9.17, 15) is 25.2 Å². The molecular formula is C17H18ClN7O6. The number of nitrogen functional groups attached to an aromatic ring is 1. The van der Waals surface area contributed by atoms with E-state index >= 15 is 0 Å². The van der Waals surface area contributed by atoms with Gasteiger partial charge in [0.05, 0.1) is 12.8 Å². The van der Waals surface area contributed by atoms with Crippen LogP contribution in [0.3, 0.4) is 0 Å². The highest BCUT2D eigenvalue weighted by molar-refractivity contribution is 6.30. The van der Waals surface area contributed by atoms with E-state index in [1.54, 1.807) is 0 Å². The lowest BCUT2D eigenvalue weighted by Crippen LogP contribution is -2.33. The number of H-pyrrole nitrogens is 1. The summed E-state index contributed by atoms with van der Waals surface area (Å²) < 4.78 is 6.73. The molecule has 14 heteroatoms. The number of aromatic hydroxyl groups is 1. The topological polar surface area (TPSA) is 204 Å². The Balaban J connectivity index is 1.77. The third-order valence-corrected chi connectivity index (χ3v) is 4.93. The molecule has 13 nitrogen and oxygen atoms in total. The molecule has 1 saturated heterocycles. The number of anilines is 2. The van der Waals surface area contributed by atoms with Gasteiger partial charge in [-0.15, -0.1) is 0 Å². The molecule has 2 aromatic heterocycles. The van der Waals surface area contributed by atoms with E-state index in [1.165, 1.54) is 29.0 Å². The molecule has 4 atom stereocenters. The van der Waals surface area contributed by atoms with Crippen molar-refractivity contribution in [3.8, 4) is 5.75 Å². The third kappa shape index (κ3) is 3.80. The van der Waals surface area contributed by atoms with Gasteiger partial charge in [-0.2, -0.15) is 10.1 Å². The number of nitrogens with zero attached hydrogens (tertiary/aromatic N) is 4. The first-order valence-corrected chi connectivity index (χ1v) is 9.35. The molecule has 3 aromatic rings. The number of ether oxygens (including phenoxy) is 1. The average Bonchev–Trinajstić information content (AvgIpc) is 3.22. The number of halogens is 1. The van der Waals surface area contributed by atoms with Crippen molar-refractivity contribution < 1.29 is 25.2 Å². The summed E-state index contributed by atoms with van der Waals surface area (Å²) in [4.78, 5) is 22.7. The second-order valence-corrected chi connectivity index (χ2v) is 7.17. The molecule has 1 aliphatic rings. The SMILES string of the molecule is Nc1nc2c(nc(N/N=C\c3cc(Cl)ccc3O)n2[C@H]2O[C@@H](CO)[C@@H](O)[C@H]2O)c(=O)[nH]1. The maximum Gasteiger partial charge on any atom is 0.280 e. The Hall–Kier alpha value is -3.23. The standard InChI is InChI=1S/C17H18ClN7O6/c18-7-1-2-8(27)6(3-7)4-20-24-17-21-10-13(22-16(19)23-14(10)30)25(17)15-12(29)11(28)9(5-26)31-15/h1-4,9,11-12,15,26-29H,5H2,(H,21,24)(H3,19,22,23,30)/b20-4-/t9-,11+,12+,15-/m0/s1. The highest BCUT2D eigenvalue weighted by Crippen LogP contribution is 2.34. The molecule has 8 N–H and O–H groups in total. The largest absolute Gasteiger partial charge is 0.507 e. The van der Waals surface area contributed by atoms with Crippen LogP contribution in [0.5, 0.6) is 5.75 Å². The van der Waals surface area contributed by atoms with Crippen LogP contribution in [0.4, 0.5) is 11.9 Å². The number of benzene rings is 1. The van der Waals surface area contributed by atoms with Gasteiger partial charge in [0.25, 0.3) is 5.56 Å². The molecule has 1 aliphatic heterocycles. The molecule has 0 unspecified atom stereocenters. The minimum Gasteiger partial charge on any atom is -0.507 e. The Morgan fingerprint density at radius 1 is 1.35 bits per heavy atom. The zero-order valence-electron chi connectivity index (χ0n) is 15.7. The van der Waals surface area contributed by atoms with Crippen molar-refractivity contribution in [3.63, 3.8) is 0 Å². The average molecular weight is 452 g/mol. The van der Waals surface area contributed by atoms with Gasteiger partial charge < -0.3 is 30.9 Å². The van der Waals surface area contributed by atoms with Crippen LogP contribution < -0.4 is 16.7 Å². The highest BCUT2D eigenvalue weighted by Gasteiger charge is 2.45. The number of hydrogen-bond acceptors (Lipinski definition) is 11. The molecule has 0 aliphatic carbocycles. The Bertz CT molecular complexity index is 1210. The predicted octanol–water partition coefficient (Wildman–Crippen LogP) is -0.882. The Kier molecular flexibility index (Phi) is 5.51. The predicted molar refractivity (Wildman–Crippen MR) is 110 cm³/mol. The monoisotopic (exact) mass is 451 g/mol. The number of phenolic OH excluding ortho intramolecular Hbond substituents is 1. The highest BCUT2D eigenvalue weighted by atomic mass is 35.5. The lowest BCUT2D eigenvalue weighted by atomic mass is 10.1. The molecule has 164 valence electrons. The third-order valence-electron chi connectivity index (χ3n) is 4.70. The van der Waals surface area contributed by atoms with Gasteiger partial charge in [-0.05, 0) is 18.2 Å². The molecular weight excluding hydrogens is 434 g/mol. The van der Waals surface area contributed by atoms with Crippen molar-refractivity contribution in [1.82, 2.24) is 19.5 Å². The van der Waals surface area contributed by atoms with Crippen molar-refractivity contribution >= 4 is 40.9 Å². The number of aliphatic hydroxyl groups is 3. The van der Waals surface area contributed by atoms with Gasteiger partial charge in [0.15, 0.2) is 17.4 Å². The van der Waals surface area contributed by atoms with Gasteiger partial charge in [-0.1, -0.05) is 11.6 Å². The van der Waals surface area contributed by atoms with E-state index in [0.717, 1.165) is 0 Å². The van der Waals surface area contributed by atoms with Gasteiger partial charge in [-0.3, -0.25) is 14.3 Å². The molecule has 3 heterocycles. The molecule has 31 heavy (non-hydrogen) atoms. The van der Waals surface area contributed by atoms with Crippen LogP contribution in [0.1, 0.15) is 11.8 Å². The Labute approximate surface area is 178 Å². The number of phenols is 1. The summed E-state index contributed by atoms with van der Waals surface area (Å²) >= 11 is 5.91. The minimum absolute atomic E-state index is 0.0422. The summed E-state index contributed by atoms with van der Waals surface area (Å²) in [6, 6.07) is 4.37. The van der Waals surface area contributed by atoms with Crippen molar-refractivity contribution in [2.75, 3.05) is 17.8 Å². The maximum atomic E-state index is 12.3. The van der Waals surface area contributed by atoms with Crippen LogP contribution in [0.25, 0.3) is 11.2 Å². The number of rotatable bonds is 5. The van der Waals surface area contributed by atoms with Crippen LogP contribution in [0.2, 0.25) is 5.02 Å². The second kappa shape index (κ2) is 8.13. The summed E-state index contributed by atoms with van der Waals surface area (Å²) in [5.74, 6) is -0.353. The van der Waals surface area contributed by atoms with Gasteiger partial charge in [-0.25, -0.2) is 10.4 Å². The van der Waals surface area contributed by atoms with E-state index in [4.69, 9.17) is 22.1 Å². The first-order valence-electron chi connectivity index (χ1n) is 8.98. The number of hydrazone groups is 1. The van der Waals surface area contributed by atoms with Gasteiger partial charge in [0, 0.05) is 10.6 Å². The fourth-order valence-corrected chi connectivity index (χ4v) is 3.38. The van der Waals surface area contributed by atoms with Crippen LogP contribution in [0, 0.1) is 0 Å². The van der Waals surface area contributed by atoms with E-state index in [-0.39, 0.29) is 28.8 Å². The number of nitrogens with one attached hydrogen (secondary N) is 2. The number of aliphatic hydroxyl groups excluding tert-OH is 3. The summed E-state index contributed by atoms with van der Waals surface area (Å²) in [6.45, 7) is -0.549. The van der Waals surface area contributed by atoms with Crippen molar-refractivity contribution in [2.24, 2.45) is 5.10 Å². The molecule has 0 bridgehead atoms. The summed E-state index contributed by atoms with van der Waals surface area (Å²) in [5.41, 5.74) is 7.71. The first kappa shape index (κ1) is 21.0. The number of nitrogens with two attached hydrogens (primary N) is 1. The van der Waals surface area contributed by atoms with E-state index < -0.39 is 36.7 Å². The van der Waals surface area contributed by atoms with Crippen LogP contribution in [0.15, 0.2) is 28.1 Å². The number of aromatic nitrogens is 4. The summed E-state index contributed by atoms with van der Waals surface area (Å²) in [7, 11) is 0. The fourth-order valence-electron chi connectivity index (χ4n) is 3.20. The molecule has 0 radical (unpaired) electrons. The van der Waals surface area contributed by atoms with E-state index in [2.05, 4.69) is 25.5 Å². The Morgan fingerprint density at radius 3 is 2.84 bits per heavy atom. The lowest BCUT2D eigenvalue weighted by Gasteiger charge is -2.18. The van der Waals surface area contributed by atoms with Crippen molar-refractivity contribution in [2.45, 2.75) is 24.5 Å². The molecule has 0 spiro atoms. The zero-order valence-corrected chi connectivity index (χ0v) is 16.4. The van der Waals surface area contributed by atoms with Crippen LogP contribution >= 0.6 is 11.6 Å². The summed E-state index contributed by atoms with van der Waals surface area (Å²) in [5, 5.41) is 44.2. The van der Waals surface area contributed by atoms with Gasteiger partial charge in [0.1, 0.15) is 24.1 Å². The molecule has 4 rings (SSSR count). The lowest BCUT2D eigenvalue weighted by molar-refractivity contribution is -0.0501. The zero-order chi connectivity index (χ0) is 22.3. The fraction of sp³-hybridized carbons (Fsp3) is 0.294. The first-order chi connectivity index (χ1) is 14.8. The van der Waals surface area contributed by atoms with Crippen molar-refractivity contribution in [3.05, 3.63) is 39.1 Å². The smallest absolute Gasteiger partial charge is 0.280 e. The van der Waals surface area contributed by atoms with Gasteiger partial charge in [0.2, 0.25) is 11.9 Å². The quantitative estimate of drug-likeness (QED) is 0.188. The number of imidazole rings is 1. The second-order valence-electron chi connectivity index (χ2n) is 6.73. The number of hydrogen-bond donors (Lipinski definition) is 7. The normalized spacial score (nSPS) is 23.7. The molecule has 0 amide bonds. The maximum absolute atomic E-state index is 12.3. The van der Waals surface area contributed by atoms with E-state index in [1.807, 2.05) is 0 Å². The van der Waals surface area contributed by atoms with E-state index in [0.29, 0.717) is 10.6 Å². The Morgan fingerprint density at radius 2 is 2.13 bits per heavy atom. The number of aromatic amines is 1. The summed E-state index contributed by atoms with van der Waals surface area (Å²) in [6.07, 6.45) is -3.95. The van der Waals surface area contributed by atoms with Gasteiger partial charge >= 0.3 is 0 Å². The van der Waals surface area contributed by atoms with Crippen LogP contribution in [-0.2, 0) is 4.74 Å². The minimum atomic E-state index is -1.47. The molecule has 0 saturated carbocycles. The molecule has 1 fully saturated rings. The number of fused-ring (bicyclic) bond motifs is 1. The molecule has 1 aromatic carbocycles.